The van der Waals surface area contributed by atoms with E-state index in [1.54, 1.807) is 44.2 Å². The summed E-state index contributed by atoms with van der Waals surface area (Å²) in [6.07, 6.45) is -5.06. The van der Waals surface area contributed by atoms with E-state index in [4.69, 9.17) is 18.5 Å². The van der Waals surface area contributed by atoms with E-state index in [1.165, 1.54) is 20.0 Å². The van der Waals surface area contributed by atoms with Crippen molar-refractivity contribution in [3.05, 3.63) is 62.9 Å². The van der Waals surface area contributed by atoms with Gasteiger partial charge in [-0.3, -0.25) is 23.7 Å². The number of aryl methyl sites for hydroxylation is 1. The molecule has 0 bridgehead atoms. The van der Waals surface area contributed by atoms with Gasteiger partial charge in [0.2, 0.25) is 0 Å². The smallest absolute Gasteiger partial charge is 0.380 e. The fraction of sp³-hybridized carbons (Fsp3) is 0.522. The fourth-order valence-corrected chi connectivity index (χ4v) is 5.45. The van der Waals surface area contributed by atoms with Crippen molar-refractivity contribution < 1.29 is 38.1 Å². The Kier molecular flexibility index (Phi) is 8.91. The van der Waals surface area contributed by atoms with Crippen molar-refractivity contribution in [2.75, 3.05) is 12.8 Å². The number of hydrogen-bond acceptors (Lipinski definition) is 10. The highest BCUT2D eigenvalue weighted by molar-refractivity contribution is 7.54. The third kappa shape index (κ3) is 6.71. The summed E-state index contributed by atoms with van der Waals surface area (Å²) in [7, 11) is -4.00. The second-order valence-corrected chi connectivity index (χ2v) is 10.9. The lowest BCUT2D eigenvalue weighted by Crippen LogP contribution is -2.38. The molecular formula is C23H31N2O10P. The molecule has 198 valence electrons. The van der Waals surface area contributed by atoms with Crippen LogP contribution in [0.15, 0.2) is 46.1 Å². The Morgan fingerprint density at radius 3 is 2.47 bits per heavy atom. The third-order valence-corrected chi connectivity index (χ3v) is 7.46. The van der Waals surface area contributed by atoms with Gasteiger partial charge in [-0.1, -0.05) is 25.1 Å². The lowest BCUT2D eigenvalue weighted by atomic mass is 10.1. The van der Waals surface area contributed by atoms with E-state index in [0.717, 1.165) is 4.57 Å². The first-order chi connectivity index (χ1) is 16.9. The summed E-state index contributed by atoms with van der Waals surface area (Å²) in [6, 6.07) is 8.22. The zero-order valence-electron chi connectivity index (χ0n) is 20.4. The summed E-state index contributed by atoms with van der Waals surface area (Å²) in [4.78, 5) is 38.3. The number of ether oxygens (including phenoxy) is 2. The van der Waals surface area contributed by atoms with Gasteiger partial charge in [-0.15, -0.1) is 0 Å². The zero-order chi connectivity index (χ0) is 26.6. The molecule has 1 aliphatic rings. The molecule has 1 fully saturated rings. The lowest BCUT2D eigenvalue weighted by Gasteiger charge is -2.24. The maximum atomic E-state index is 13.7. The Morgan fingerprint density at radius 2 is 1.83 bits per heavy atom. The summed E-state index contributed by atoms with van der Waals surface area (Å²) >= 11 is 0. The van der Waals surface area contributed by atoms with Crippen molar-refractivity contribution in [3.8, 4) is 5.75 Å². The van der Waals surface area contributed by atoms with Gasteiger partial charge >= 0.3 is 19.3 Å². The van der Waals surface area contributed by atoms with Gasteiger partial charge in [-0.05, 0) is 32.9 Å². The predicted octanol–water partition coefficient (Wildman–Crippen LogP) is 1.34. The molecule has 6 atom stereocenters. The van der Waals surface area contributed by atoms with Gasteiger partial charge in [0, 0.05) is 11.8 Å². The number of para-hydroxylation sites is 1. The average molecular weight is 526 g/mol. The van der Waals surface area contributed by atoms with E-state index in [0.29, 0.717) is 0 Å². The third-order valence-electron chi connectivity index (χ3n) is 5.43. The van der Waals surface area contributed by atoms with Crippen LogP contribution in [-0.2, 0) is 23.4 Å². The lowest BCUT2D eigenvalue weighted by molar-refractivity contribution is -0.151. The van der Waals surface area contributed by atoms with Crippen LogP contribution in [0, 0.1) is 12.8 Å². The minimum absolute atomic E-state index is 0.197. The number of nitrogens with one attached hydrogen (secondary N) is 1. The van der Waals surface area contributed by atoms with Gasteiger partial charge in [0.25, 0.3) is 5.56 Å². The Morgan fingerprint density at radius 1 is 1.17 bits per heavy atom. The topological polar surface area (TPSA) is 166 Å². The molecule has 1 unspecified atom stereocenters. The van der Waals surface area contributed by atoms with Gasteiger partial charge in [0.05, 0.1) is 24.8 Å². The van der Waals surface area contributed by atoms with Crippen LogP contribution >= 0.6 is 7.60 Å². The van der Waals surface area contributed by atoms with Gasteiger partial charge < -0.3 is 24.2 Å². The van der Waals surface area contributed by atoms with E-state index in [-0.39, 0.29) is 23.6 Å². The minimum Gasteiger partial charge on any atom is -0.463 e. The number of aromatic amines is 1. The first-order valence-electron chi connectivity index (χ1n) is 11.4. The molecule has 2 heterocycles. The Balaban J connectivity index is 1.77. The Bertz CT molecular complexity index is 1210. The summed E-state index contributed by atoms with van der Waals surface area (Å²) < 4.78 is 36.7. The van der Waals surface area contributed by atoms with Gasteiger partial charge in [-0.2, -0.15) is 0 Å². The molecule has 1 aromatic heterocycles. The second-order valence-electron chi connectivity index (χ2n) is 8.91. The van der Waals surface area contributed by atoms with Crippen LogP contribution in [0.4, 0.5) is 0 Å². The maximum absolute atomic E-state index is 13.7. The number of benzene rings is 1. The highest BCUT2D eigenvalue weighted by Gasteiger charge is 2.46. The van der Waals surface area contributed by atoms with Crippen molar-refractivity contribution in [1.82, 2.24) is 9.55 Å². The van der Waals surface area contributed by atoms with E-state index in [9.17, 15) is 29.2 Å². The van der Waals surface area contributed by atoms with Crippen LogP contribution in [0.1, 0.15) is 32.6 Å². The van der Waals surface area contributed by atoms with Crippen LogP contribution in [0.5, 0.6) is 5.75 Å². The second kappa shape index (κ2) is 11.5. The van der Waals surface area contributed by atoms with E-state index < -0.39 is 61.9 Å². The fourth-order valence-electron chi connectivity index (χ4n) is 3.58. The Labute approximate surface area is 207 Å². The van der Waals surface area contributed by atoms with Crippen LogP contribution < -0.4 is 15.8 Å². The number of carbonyl (C=O) groups is 1. The number of aliphatic hydroxyl groups is 2. The van der Waals surface area contributed by atoms with Crippen molar-refractivity contribution in [2.24, 2.45) is 5.92 Å². The molecule has 36 heavy (non-hydrogen) atoms. The molecule has 12 nitrogen and oxygen atoms in total. The monoisotopic (exact) mass is 526 g/mol. The molecule has 1 aliphatic heterocycles. The number of aliphatic hydroxyl groups excluding tert-OH is 2. The number of H-pyrrole nitrogens is 1. The predicted molar refractivity (Wildman–Crippen MR) is 128 cm³/mol. The van der Waals surface area contributed by atoms with E-state index >= 15 is 0 Å². The highest BCUT2D eigenvalue weighted by atomic mass is 31.2. The van der Waals surface area contributed by atoms with Crippen LogP contribution in [0.25, 0.3) is 0 Å². The largest absolute Gasteiger partial charge is 0.463 e. The van der Waals surface area contributed by atoms with Crippen molar-refractivity contribution in [1.29, 1.82) is 0 Å². The van der Waals surface area contributed by atoms with Gasteiger partial charge in [-0.25, -0.2) is 9.36 Å². The highest BCUT2D eigenvalue weighted by Crippen LogP contribution is 2.50. The van der Waals surface area contributed by atoms with Gasteiger partial charge in [0.15, 0.2) is 6.23 Å². The SMILES string of the molecule is Cc1cn([C@H]2O[C@@H](CO[P@](=O)(C[C@@H](C)C(=O)OC(C)C)Oc3ccccc3)C(O)[C@H]2O)c(=O)[nH]c1=O. The normalized spacial score (nSPS) is 24.3. The first-order valence-corrected chi connectivity index (χ1v) is 13.2. The molecular weight excluding hydrogens is 495 g/mol. The Hall–Kier alpha value is -2.76. The van der Waals surface area contributed by atoms with E-state index in [2.05, 4.69) is 4.98 Å². The average Bonchev–Trinajstić information content (AvgIpc) is 3.08. The number of esters is 1. The van der Waals surface area contributed by atoms with Gasteiger partial charge in [0.1, 0.15) is 24.1 Å². The van der Waals surface area contributed by atoms with Crippen molar-refractivity contribution in [3.63, 3.8) is 0 Å². The molecule has 13 heteroatoms. The zero-order valence-corrected chi connectivity index (χ0v) is 21.3. The molecule has 0 aliphatic carbocycles. The quantitative estimate of drug-likeness (QED) is 0.304. The molecule has 0 saturated carbocycles. The molecule has 1 saturated heterocycles. The summed E-state index contributed by atoms with van der Waals surface area (Å²) in [5.74, 6) is -1.17. The number of hydrogen-bond donors (Lipinski definition) is 3. The molecule has 0 radical (unpaired) electrons. The maximum Gasteiger partial charge on any atom is 0.380 e. The first kappa shape index (κ1) is 27.8. The van der Waals surface area contributed by atoms with Crippen LogP contribution in [-0.4, -0.2) is 62.9 Å². The van der Waals surface area contributed by atoms with E-state index in [1.807, 2.05) is 0 Å². The summed E-state index contributed by atoms with van der Waals surface area (Å²) in [5, 5.41) is 21.0. The number of aromatic nitrogens is 2. The molecule has 0 amide bonds. The number of rotatable bonds is 10. The molecule has 0 spiro atoms. The number of nitrogens with zero attached hydrogens (tertiary/aromatic N) is 1. The summed E-state index contributed by atoms with van der Waals surface area (Å²) in [6.45, 7) is 5.90. The standard InChI is InChI=1S/C23H31N2O10P/c1-13(2)33-22(29)15(4)12-36(31,35-16-8-6-5-7-9-16)32-11-17-18(26)19(27)21(34-17)25-10-14(3)20(28)24-23(25)30/h5-10,13,15,17-19,21,26-27H,11-12H2,1-4H3,(H,24,28,30)/t15-,17+,18?,19-,21+,36-/m1/s1. The van der Waals surface area contributed by atoms with Crippen molar-refractivity contribution in [2.45, 2.75) is 58.3 Å². The molecule has 2 aromatic rings. The van der Waals surface area contributed by atoms with Crippen LogP contribution in [0.3, 0.4) is 0 Å². The molecule has 3 N–H and O–H groups in total. The molecule has 3 rings (SSSR count). The minimum atomic E-state index is -4.00. The summed E-state index contributed by atoms with van der Waals surface area (Å²) in [5.41, 5.74) is -1.23. The number of carbonyl (C=O) groups excluding carboxylic acids is 1. The van der Waals surface area contributed by atoms with Crippen molar-refractivity contribution >= 4 is 13.6 Å². The molecule has 1 aromatic carbocycles. The van der Waals surface area contributed by atoms with Crippen LogP contribution in [0.2, 0.25) is 0 Å².